The molecule has 7 heteroatoms. The van der Waals surface area contributed by atoms with Gasteiger partial charge in [0.2, 0.25) is 5.75 Å². The van der Waals surface area contributed by atoms with Crippen molar-refractivity contribution in [2.75, 3.05) is 7.11 Å². The summed E-state index contributed by atoms with van der Waals surface area (Å²) >= 11 is 11.7. The van der Waals surface area contributed by atoms with Crippen molar-refractivity contribution in [3.8, 4) is 17.2 Å². The molecule has 0 spiro atoms. The van der Waals surface area contributed by atoms with E-state index in [1.165, 1.54) is 25.3 Å². The first kappa shape index (κ1) is 15.4. The summed E-state index contributed by atoms with van der Waals surface area (Å²) in [7, 11) is 1.47. The van der Waals surface area contributed by atoms with Gasteiger partial charge in [0, 0.05) is 22.7 Å². The van der Waals surface area contributed by atoms with Crippen molar-refractivity contribution >= 4 is 28.9 Å². The Kier molecular flexibility index (Phi) is 4.88. The third-order valence-corrected chi connectivity index (χ3v) is 3.27. The maximum Gasteiger partial charge on any atom is 0.311 e. The highest BCUT2D eigenvalue weighted by atomic mass is 35.5. The molecule has 0 N–H and O–H groups in total. The van der Waals surface area contributed by atoms with Crippen LogP contribution in [0.2, 0.25) is 5.02 Å². The number of alkyl halides is 1. The molecular weight excluding hydrogens is 317 g/mol. The molecule has 0 amide bonds. The lowest BCUT2D eigenvalue weighted by Crippen LogP contribution is -1.96. The number of nitro groups is 1. The smallest absolute Gasteiger partial charge is 0.311 e. The summed E-state index contributed by atoms with van der Waals surface area (Å²) in [6, 6.07) is 9.16. The molecule has 0 aliphatic carbocycles. The molecule has 5 nitrogen and oxygen atoms in total. The van der Waals surface area contributed by atoms with Gasteiger partial charge in [0.25, 0.3) is 0 Å². The first-order valence-electron chi connectivity index (χ1n) is 5.90. The maximum atomic E-state index is 11.1. The number of methoxy groups -OCH3 is 1. The SMILES string of the molecule is COc1ccc([N+](=O)[O-])c(Oc2ccc(Cl)cc2CCl)c1. The van der Waals surface area contributed by atoms with Gasteiger partial charge in [-0.3, -0.25) is 10.1 Å². The highest BCUT2D eigenvalue weighted by Crippen LogP contribution is 2.36. The fourth-order valence-electron chi connectivity index (χ4n) is 1.72. The Morgan fingerprint density at radius 1 is 1.19 bits per heavy atom. The lowest BCUT2D eigenvalue weighted by Gasteiger charge is -2.11. The molecule has 2 aromatic rings. The van der Waals surface area contributed by atoms with Crippen LogP contribution in [0.4, 0.5) is 5.69 Å². The Morgan fingerprint density at radius 3 is 2.57 bits per heavy atom. The van der Waals surface area contributed by atoms with E-state index < -0.39 is 4.92 Å². The van der Waals surface area contributed by atoms with Crippen molar-refractivity contribution in [3.63, 3.8) is 0 Å². The summed E-state index contributed by atoms with van der Waals surface area (Å²) in [4.78, 5) is 10.5. The summed E-state index contributed by atoms with van der Waals surface area (Å²) in [5.74, 6) is 1.11. The molecule has 0 radical (unpaired) electrons. The van der Waals surface area contributed by atoms with E-state index in [1.807, 2.05) is 0 Å². The van der Waals surface area contributed by atoms with Gasteiger partial charge < -0.3 is 9.47 Å². The summed E-state index contributed by atoms with van der Waals surface area (Å²) in [5, 5.41) is 11.6. The van der Waals surface area contributed by atoms with E-state index in [4.69, 9.17) is 32.7 Å². The zero-order valence-electron chi connectivity index (χ0n) is 11.0. The van der Waals surface area contributed by atoms with Crippen LogP contribution < -0.4 is 9.47 Å². The predicted octanol–water partition coefficient (Wildman–Crippen LogP) is 4.79. The first-order valence-corrected chi connectivity index (χ1v) is 6.81. The number of benzene rings is 2. The van der Waals surface area contributed by atoms with Crippen LogP contribution >= 0.6 is 23.2 Å². The molecular formula is C14H11Cl2NO4. The highest BCUT2D eigenvalue weighted by Gasteiger charge is 2.18. The molecule has 0 fully saturated rings. The molecule has 110 valence electrons. The fourth-order valence-corrected chi connectivity index (χ4v) is 2.13. The minimum absolute atomic E-state index is 0.0769. The van der Waals surface area contributed by atoms with E-state index >= 15 is 0 Å². The Hall–Kier alpha value is -1.98. The minimum Gasteiger partial charge on any atom is -0.497 e. The van der Waals surface area contributed by atoms with Gasteiger partial charge in [-0.1, -0.05) is 11.6 Å². The number of nitro benzene ring substituents is 1. The first-order chi connectivity index (χ1) is 10.0. The molecule has 0 heterocycles. The molecule has 0 unspecified atom stereocenters. The Labute approximate surface area is 131 Å². The molecule has 0 saturated carbocycles. The largest absolute Gasteiger partial charge is 0.497 e. The van der Waals surface area contributed by atoms with E-state index in [0.717, 1.165) is 0 Å². The van der Waals surface area contributed by atoms with Crippen molar-refractivity contribution in [2.45, 2.75) is 5.88 Å². The molecule has 0 aromatic heterocycles. The van der Waals surface area contributed by atoms with Crippen LogP contribution in [0.25, 0.3) is 0 Å². The number of hydrogen-bond donors (Lipinski definition) is 0. The summed E-state index contributed by atoms with van der Waals surface area (Å²) in [5.41, 5.74) is 0.479. The standard InChI is InChI=1S/C14H11Cl2NO4/c1-20-11-3-4-12(17(18)19)14(7-11)21-13-5-2-10(16)6-9(13)8-15/h2-7H,8H2,1H3. The number of rotatable bonds is 5. The third kappa shape index (κ3) is 3.56. The van der Waals surface area contributed by atoms with Crippen molar-refractivity contribution < 1.29 is 14.4 Å². The summed E-state index contributed by atoms with van der Waals surface area (Å²) in [6.07, 6.45) is 0. The molecule has 0 atom stereocenters. The average Bonchev–Trinajstić information content (AvgIpc) is 2.48. The van der Waals surface area contributed by atoms with Crippen molar-refractivity contribution in [2.24, 2.45) is 0 Å². The van der Waals surface area contributed by atoms with Crippen LogP contribution in [0, 0.1) is 10.1 Å². The molecule has 0 aliphatic rings. The quantitative estimate of drug-likeness (QED) is 0.450. The molecule has 21 heavy (non-hydrogen) atoms. The molecule has 2 rings (SSSR count). The number of halogens is 2. The minimum atomic E-state index is -0.523. The second kappa shape index (κ2) is 6.65. The van der Waals surface area contributed by atoms with Gasteiger partial charge in [0.1, 0.15) is 11.5 Å². The van der Waals surface area contributed by atoms with Crippen molar-refractivity contribution in [1.82, 2.24) is 0 Å². The van der Waals surface area contributed by atoms with Crippen molar-refractivity contribution in [3.05, 3.63) is 57.1 Å². The maximum absolute atomic E-state index is 11.1. The lowest BCUT2D eigenvalue weighted by molar-refractivity contribution is -0.385. The number of hydrogen-bond acceptors (Lipinski definition) is 4. The summed E-state index contributed by atoms with van der Waals surface area (Å²) < 4.78 is 10.7. The van der Waals surface area contributed by atoms with Crippen LogP contribution in [0.3, 0.4) is 0 Å². The molecule has 0 saturated heterocycles. The van der Waals surface area contributed by atoms with Gasteiger partial charge >= 0.3 is 5.69 Å². The van der Waals surface area contributed by atoms with Crippen LogP contribution in [0.5, 0.6) is 17.2 Å². The van der Waals surface area contributed by atoms with Crippen LogP contribution in [0.15, 0.2) is 36.4 Å². The lowest BCUT2D eigenvalue weighted by atomic mass is 10.2. The Morgan fingerprint density at radius 2 is 1.95 bits per heavy atom. The third-order valence-electron chi connectivity index (χ3n) is 2.75. The average molecular weight is 328 g/mol. The second-order valence-electron chi connectivity index (χ2n) is 4.08. The Bertz CT molecular complexity index is 676. The van der Waals surface area contributed by atoms with E-state index in [0.29, 0.717) is 22.1 Å². The van der Waals surface area contributed by atoms with Gasteiger partial charge in [0.05, 0.1) is 17.9 Å². The molecule has 2 aromatic carbocycles. The monoisotopic (exact) mass is 327 g/mol. The van der Waals surface area contributed by atoms with Crippen LogP contribution in [-0.4, -0.2) is 12.0 Å². The van der Waals surface area contributed by atoms with Gasteiger partial charge in [-0.2, -0.15) is 0 Å². The topological polar surface area (TPSA) is 61.6 Å². The molecule has 0 bridgehead atoms. The highest BCUT2D eigenvalue weighted by molar-refractivity contribution is 6.30. The molecule has 0 aliphatic heterocycles. The van der Waals surface area contributed by atoms with Gasteiger partial charge in [-0.05, 0) is 24.3 Å². The van der Waals surface area contributed by atoms with E-state index in [-0.39, 0.29) is 17.3 Å². The Balaban J connectivity index is 2.45. The normalized spacial score (nSPS) is 10.2. The van der Waals surface area contributed by atoms with Crippen LogP contribution in [0.1, 0.15) is 5.56 Å². The second-order valence-corrected chi connectivity index (χ2v) is 4.78. The van der Waals surface area contributed by atoms with E-state index in [9.17, 15) is 10.1 Å². The van der Waals surface area contributed by atoms with Crippen molar-refractivity contribution in [1.29, 1.82) is 0 Å². The number of ether oxygens (including phenoxy) is 2. The van der Waals surface area contributed by atoms with Gasteiger partial charge in [0.15, 0.2) is 0 Å². The zero-order chi connectivity index (χ0) is 15.4. The van der Waals surface area contributed by atoms with E-state index in [1.54, 1.807) is 18.2 Å². The predicted molar refractivity (Wildman–Crippen MR) is 80.7 cm³/mol. The van der Waals surface area contributed by atoms with Gasteiger partial charge in [-0.25, -0.2) is 0 Å². The van der Waals surface area contributed by atoms with Gasteiger partial charge in [-0.15, -0.1) is 11.6 Å². The summed E-state index contributed by atoms with van der Waals surface area (Å²) in [6.45, 7) is 0. The fraction of sp³-hybridized carbons (Fsp3) is 0.143. The van der Waals surface area contributed by atoms with Crippen LogP contribution in [-0.2, 0) is 5.88 Å². The van der Waals surface area contributed by atoms with E-state index in [2.05, 4.69) is 0 Å². The zero-order valence-corrected chi connectivity index (χ0v) is 12.5. The number of nitrogens with zero attached hydrogens (tertiary/aromatic N) is 1.